The van der Waals surface area contributed by atoms with Crippen LogP contribution in [0.2, 0.25) is 0 Å². The zero-order valence-corrected chi connectivity index (χ0v) is 17.5. The van der Waals surface area contributed by atoms with Crippen LogP contribution >= 0.6 is 0 Å². The van der Waals surface area contributed by atoms with Crippen LogP contribution in [0.25, 0.3) is 10.9 Å². The molecule has 0 bridgehead atoms. The highest BCUT2D eigenvalue weighted by Gasteiger charge is 2.27. The minimum atomic E-state index is -0.506. The Morgan fingerprint density at radius 3 is 2.93 bits per heavy atom. The molecule has 1 aliphatic heterocycles. The number of halogens is 1. The maximum atomic E-state index is 13.3. The fraction of sp³-hybridized carbons (Fsp3) is 0.524. The van der Waals surface area contributed by atoms with Gasteiger partial charge >= 0.3 is 6.09 Å². The van der Waals surface area contributed by atoms with Gasteiger partial charge in [-0.2, -0.15) is 0 Å². The summed E-state index contributed by atoms with van der Waals surface area (Å²) in [5.74, 6) is 0.567. The van der Waals surface area contributed by atoms with E-state index in [9.17, 15) is 9.18 Å². The lowest BCUT2D eigenvalue weighted by Gasteiger charge is -2.23. The van der Waals surface area contributed by atoms with Gasteiger partial charge in [0.15, 0.2) is 5.96 Å². The average molecular weight is 404 g/mol. The number of rotatable bonds is 4. The lowest BCUT2D eigenvalue weighted by atomic mass is 10.1. The summed E-state index contributed by atoms with van der Waals surface area (Å²) in [6, 6.07) is 4.83. The summed E-state index contributed by atoms with van der Waals surface area (Å²) >= 11 is 0. The second-order valence-electron chi connectivity index (χ2n) is 8.31. The van der Waals surface area contributed by atoms with Crippen LogP contribution in [0.4, 0.5) is 9.18 Å². The minimum Gasteiger partial charge on any atom is -0.444 e. The molecule has 1 aromatic heterocycles. The van der Waals surface area contributed by atoms with Gasteiger partial charge in [0.2, 0.25) is 0 Å². The van der Waals surface area contributed by atoms with Crippen LogP contribution in [0.3, 0.4) is 0 Å². The van der Waals surface area contributed by atoms with Gasteiger partial charge in [-0.05, 0) is 57.4 Å². The van der Waals surface area contributed by atoms with Gasteiger partial charge in [-0.1, -0.05) is 0 Å². The third-order valence-corrected chi connectivity index (χ3v) is 4.83. The van der Waals surface area contributed by atoms with Gasteiger partial charge in [0.05, 0.1) is 6.04 Å². The fourth-order valence-corrected chi connectivity index (χ4v) is 3.55. The first-order valence-corrected chi connectivity index (χ1v) is 9.96. The molecule has 7 nitrogen and oxygen atoms in total. The molecular weight excluding hydrogens is 373 g/mol. The third kappa shape index (κ3) is 5.62. The number of carbonyl (C=O) groups is 1. The van der Waals surface area contributed by atoms with Gasteiger partial charge < -0.3 is 25.3 Å². The third-order valence-electron chi connectivity index (χ3n) is 4.83. The number of ether oxygens (including phenoxy) is 1. The van der Waals surface area contributed by atoms with Crippen molar-refractivity contribution < 1.29 is 13.9 Å². The number of fused-ring (bicyclic) bond motifs is 1. The van der Waals surface area contributed by atoms with Gasteiger partial charge in [-0.15, -0.1) is 0 Å². The second kappa shape index (κ2) is 8.71. The van der Waals surface area contributed by atoms with Crippen LogP contribution in [-0.2, 0) is 11.2 Å². The molecule has 1 unspecified atom stereocenters. The zero-order chi connectivity index (χ0) is 21.0. The zero-order valence-electron chi connectivity index (χ0n) is 17.5. The molecule has 2 aromatic rings. The van der Waals surface area contributed by atoms with Crippen molar-refractivity contribution in [1.29, 1.82) is 0 Å². The Kier molecular flexibility index (Phi) is 6.30. The van der Waals surface area contributed by atoms with Crippen LogP contribution in [-0.4, -0.2) is 60.3 Å². The molecule has 1 fully saturated rings. The molecule has 1 saturated heterocycles. The lowest BCUT2D eigenvalue weighted by Crippen LogP contribution is -2.44. The second-order valence-corrected chi connectivity index (χ2v) is 8.31. The molecule has 8 heteroatoms. The number of carbonyl (C=O) groups excluding carboxylic acids is 1. The van der Waals surface area contributed by atoms with Crippen LogP contribution in [0.1, 0.15) is 32.8 Å². The highest BCUT2D eigenvalue weighted by molar-refractivity contribution is 5.83. The normalized spacial score (nSPS) is 17.6. The topological polar surface area (TPSA) is 81.8 Å². The molecule has 1 aliphatic rings. The highest BCUT2D eigenvalue weighted by Crippen LogP contribution is 2.19. The highest BCUT2D eigenvalue weighted by atomic mass is 19.1. The molecule has 0 saturated carbocycles. The van der Waals surface area contributed by atoms with E-state index in [1.54, 1.807) is 13.1 Å². The molecular formula is C21H30FN5O2. The number of nitrogens with zero attached hydrogens (tertiary/aromatic N) is 2. The van der Waals surface area contributed by atoms with E-state index in [-0.39, 0.29) is 18.0 Å². The Bertz CT molecular complexity index is 887. The molecule has 29 heavy (non-hydrogen) atoms. The number of likely N-dealkylation sites (tertiary alicyclic amines) is 1. The molecule has 1 amide bonds. The Morgan fingerprint density at radius 2 is 2.21 bits per heavy atom. The molecule has 0 spiro atoms. The predicted octanol–water partition coefficient (Wildman–Crippen LogP) is 3.02. The standard InChI is InChI=1S/C21H30FN5O2/c1-21(2,3)29-20(28)26-16-8-10-27(13-16)19(23-4)24-9-7-14-12-25-18-11-15(22)5-6-17(14)18/h5-6,11-12,16,25H,7-10,13H2,1-4H3,(H,23,24)(H,26,28). The maximum Gasteiger partial charge on any atom is 0.407 e. The fourth-order valence-electron chi connectivity index (χ4n) is 3.55. The van der Waals surface area contributed by atoms with E-state index >= 15 is 0 Å². The lowest BCUT2D eigenvalue weighted by molar-refractivity contribution is 0.0507. The number of aromatic amines is 1. The van der Waals surface area contributed by atoms with Crippen molar-refractivity contribution in [3.8, 4) is 0 Å². The Balaban J connectivity index is 1.48. The number of hydrogen-bond donors (Lipinski definition) is 3. The number of guanidine groups is 1. The van der Waals surface area contributed by atoms with E-state index in [0.29, 0.717) is 13.1 Å². The molecule has 1 atom stereocenters. The number of nitrogens with one attached hydrogen (secondary N) is 3. The summed E-state index contributed by atoms with van der Waals surface area (Å²) in [4.78, 5) is 21.6. The van der Waals surface area contributed by atoms with Crippen molar-refractivity contribution in [1.82, 2.24) is 20.5 Å². The first-order chi connectivity index (χ1) is 13.7. The number of H-pyrrole nitrogens is 1. The van der Waals surface area contributed by atoms with Crippen molar-refractivity contribution in [3.63, 3.8) is 0 Å². The number of aliphatic imine (C=N–C) groups is 1. The quantitative estimate of drug-likeness (QED) is 0.541. The van der Waals surface area contributed by atoms with Gasteiger partial charge in [0.1, 0.15) is 11.4 Å². The molecule has 0 aliphatic carbocycles. The average Bonchev–Trinajstić information content (AvgIpc) is 3.24. The number of hydrogen-bond acceptors (Lipinski definition) is 3. The summed E-state index contributed by atoms with van der Waals surface area (Å²) in [5, 5.41) is 7.34. The van der Waals surface area contributed by atoms with Gasteiger partial charge in [-0.25, -0.2) is 9.18 Å². The number of alkyl carbamates (subject to hydrolysis) is 1. The van der Waals surface area contributed by atoms with Crippen molar-refractivity contribution in [2.75, 3.05) is 26.7 Å². The summed E-state index contributed by atoms with van der Waals surface area (Å²) in [5.41, 5.74) is 1.43. The van der Waals surface area contributed by atoms with Crippen molar-refractivity contribution >= 4 is 23.0 Å². The van der Waals surface area contributed by atoms with Crippen molar-refractivity contribution in [3.05, 3.63) is 35.8 Å². The van der Waals surface area contributed by atoms with Gasteiger partial charge in [0, 0.05) is 43.8 Å². The summed E-state index contributed by atoms with van der Waals surface area (Å²) in [7, 11) is 1.76. The minimum absolute atomic E-state index is 0.0342. The van der Waals surface area contributed by atoms with Crippen molar-refractivity contribution in [2.45, 2.75) is 45.3 Å². The van der Waals surface area contributed by atoms with E-state index in [2.05, 4.69) is 25.5 Å². The first kappa shape index (κ1) is 21.0. The largest absolute Gasteiger partial charge is 0.444 e. The van der Waals surface area contributed by atoms with E-state index in [4.69, 9.17) is 4.74 Å². The first-order valence-electron chi connectivity index (χ1n) is 9.96. The molecule has 2 heterocycles. The smallest absolute Gasteiger partial charge is 0.407 e. The van der Waals surface area contributed by atoms with E-state index in [0.717, 1.165) is 41.8 Å². The summed E-state index contributed by atoms with van der Waals surface area (Å²) in [6.45, 7) is 7.76. The van der Waals surface area contributed by atoms with E-state index in [1.807, 2.05) is 27.0 Å². The number of aromatic nitrogens is 1. The monoisotopic (exact) mass is 403 g/mol. The Labute approximate surface area is 170 Å². The van der Waals surface area contributed by atoms with Crippen molar-refractivity contribution in [2.24, 2.45) is 4.99 Å². The van der Waals surface area contributed by atoms with Crippen LogP contribution in [0, 0.1) is 5.82 Å². The predicted molar refractivity (Wildman–Crippen MR) is 113 cm³/mol. The maximum absolute atomic E-state index is 13.3. The van der Waals surface area contributed by atoms with Crippen LogP contribution in [0.5, 0.6) is 0 Å². The number of benzene rings is 1. The Morgan fingerprint density at radius 1 is 1.41 bits per heavy atom. The molecule has 0 radical (unpaired) electrons. The molecule has 1 aromatic carbocycles. The Hall–Kier alpha value is -2.77. The molecule has 3 N–H and O–H groups in total. The van der Waals surface area contributed by atoms with Crippen LogP contribution in [0.15, 0.2) is 29.4 Å². The van der Waals surface area contributed by atoms with Gasteiger partial charge in [0.25, 0.3) is 0 Å². The molecule has 158 valence electrons. The van der Waals surface area contributed by atoms with E-state index < -0.39 is 5.60 Å². The molecule has 3 rings (SSSR count). The summed E-state index contributed by atoms with van der Waals surface area (Å²) < 4.78 is 18.7. The summed E-state index contributed by atoms with van der Waals surface area (Å²) in [6.07, 6.45) is 3.17. The van der Waals surface area contributed by atoms with E-state index in [1.165, 1.54) is 12.1 Å². The van der Waals surface area contributed by atoms with Gasteiger partial charge in [-0.3, -0.25) is 4.99 Å². The SMILES string of the molecule is CN=C(NCCc1c[nH]c2cc(F)ccc12)N1CCC(NC(=O)OC(C)(C)C)C1. The van der Waals surface area contributed by atoms with Crippen LogP contribution < -0.4 is 10.6 Å². The number of amides is 1.